The van der Waals surface area contributed by atoms with E-state index in [1.165, 1.54) is 4.57 Å². The first-order chi connectivity index (χ1) is 8.47. The number of amidine groups is 1. The highest BCUT2D eigenvalue weighted by Crippen LogP contribution is 2.08. The number of oxime groups is 1. The van der Waals surface area contributed by atoms with Gasteiger partial charge in [0, 0.05) is 38.4 Å². The molecule has 0 aliphatic rings. The third-order valence-corrected chi connectivity index (χ3v) is 2.63. The lowest BCUT2D eigenvalue weighted by Crippen LogP contribution is -2.39. The van der Waals surface area contributed by atoms with E-state index in [0.29, 0.717) is 18.8 Å². The number of aryl methyl sites for hydroxylation is 1. The number of nitrogens with two attached hydrogens (primary N) is 1. The molecular formula is C11H19N5O2. The molecule has 100 valence electrons. The molecule has 0 aliphatic heterocycles. The molecule has 3 N–H and O–H groups in total. The molecular weight excluding hydrogens is 234 g/mol. The van der Waals surface area contributed by atoms with Gasteiger partial charge in [0.2, 0.25) is 0 Å². The zero-order chi connectivity index (χ0) is 13.7. The molecule has 1 heterocycles. The van der Waals surface area contributed by atoms with Crippen LogP contribution in [0.1, 0.15) is 20.3 Å². The van der Waals surface area contributed by atoms with Gasteiger partial charge >= 0.3 is 0 Å². The van der Waals surface area contributed by atoms with Gasteiger partial charge in [-0.3, -0.25) is 4.79 Å². The van der Waals surface area contributed by atoms with Crippen molar-refractivity contribution in [3.8, 4) is 0 Å². The van der Waals surface area contributed by atoms with Crippen molar-refractivity contribution in [3.63, 3.8) is 0 Å². The maximum atomic E-state index is 12.0. The van der Waals surface area contributed by atoms with Crippen molar-refractivity contribution in [3.05, 3.63) is 22.7 Å². The summed E-state index contributed by atoms with van der Waals surface area (Å²) in [5, 5.41) is 11.4. The molecule has 0 bridgehead atoms. The van der Waals surface area contributed by atoms with E-state index >= 15 is 0 Å². The molecule has 7 heteroatoms. The standard InChI is InChI=1S/C11H19N5O2/c1-8(2)16(6-4-9(12)14-18)10-11(17)15(3)7-5-13-10/h5,7-8,18H,4,6H2,1-3H3,(H2,12,14). The van der Waals surface area contributed by atoms with Crippen molar-refractivity contribution in [2.24, 2.45) is 17.9 Å². The number of anilines is 1. The highest BCUT2D eigenvalue weighted by molar-refractivity contribution is 5.80. The second-order valence-corrected chi connectivity index (χ2v) is 4.30. The Morgan fingerprint density at radius 3 is 2.89 bits per heavy atom. The van der Waals surface area contributed by atoms with Crippen LogP contribution in [0.25, 0.3) is 0 Å². The van der Waals surface area contributed by atoms with Gasteiger partial charge in [-0.2, -0.15) is 0 Å². The second kappa shape index (κ2) is 6.04. The van der Waals surface area contributed by atoms with Gasteiger partial charge in [0.25, 0.3) is 5.56 Å². The lowest BCUT2D eigenvalue weighted by Gasteiger charge is -2.27. The normalized spacial score (nSPS) is 11.9. The quantitative estimate of drug-likeness (QED) is 0.336. The van der Waals surface area contributed by atoms with Crippen LogP contribution in [0.5, 0.6) is 0 Å². The molecule has 0 spiro atoms. The van der Waals surface area contributed by atoms with Crippen LogP contribution >= 0.6 is 0 Å². The summed E-state index contributed by atoms with van der Waals surface area (Å²) in [4.78, 5) is 17.9. The van der Waals surface area contributed by atoms with Gasteiger partial charge in [-0.1, -0.05) is 5.16 Å². The molecule has 0 saturated heterocycles. The summed E-state index contributed by atoms with van der Waals surface area (Å²) in [5.74, 6) is 0.508. The zero-order valence-corrected chi connectivity index (χ0v) is 10.9. The molecule has 1 aromatic heterocycles. The Bertz CT molecular complexity index is 481. The molecule has 1 rings (SSSR count). The smallest absolute Gasteiger partial charge is 0.293 e. The summed E-state index contributed by atoms with van der Waals surface area (Å²) >= 11 is 0. The van der Waals surface area contributed by atoms with Crippen LogP contribution in [0.15, 0.2) is 22.3 Å². The molecule has 0 aromatic carbocycles. The number of hydrogen-bond donors (Lipinski definition) is 2. The van der Waals surface area contributed by atoms with Gasteiger partial charge in [-0.15, -0.1) is 0 Å². The van der Waals surface area contributed by atoms with E-state index in [9.17, 15) is 4.79 Å². The number of aromatic nitrogens is 2. The summed E-state index contributed by atoms with van der Waals surface area (Å²) < 4.78 is 1.47. The highest BCUT2D eigenvalue weighted by atomic mass is 16.4. The zero-order valence-electron chi connectivity index (χ0n) is 10.9. The topological polar surface area (TPSA) is 96.7 Å². The molecule has 0 amide bonds. The molecule has 0 atom stereocenters. The van der Waals surface area contributed by atoms with Crippen LogP contribution in [-0.4, -0.2) is 33.2 Å². The van der Waals surface area contributed by atoms with Gasteiger partial charge in [0.1, 0.15) is 5.84 Å². The average molecular weight is 253 g/mol. The Kier molecular flexibility index (Phi) is 4.70. The SMILES string of the molecule is CC(C)N(CCC(N)=NO)c1nccn(C)c1=O. The van der Waals surface area contributed by atoms with Crippen LogP contribution in [0.2, 0.25) is 0 Å². The fourth-order valence-corrected chi connectivity index (χ4v) is 1.58. The largest absolute Gasteiger partial charge is 0.409 e. The average Bonchev–Trinajstić information content (AvgIpc) is 2.33. The minimum absolute atomic E-state index is 0.0964. The Morgan fingerprint density at radius 1 is 1.67 bits per heavy atom. The molecule has 0 radical (unpaired) electrons. The van der Waals surface area contributed by atoms with E-state index < -0.39 is 0 Å². The van der Waals surface area contributed by atoms with Gasteiger partial charge in [0.05, 0.1) is 0 Å². The summed E-state index contributed by atoms with van der Waals surface area (Å²) in [7, 11) is 1.68. The number of rotatable bonds is 5. The van der Waals surface area contributed by atoms with E-state index in [0.717, 1.165) is 0 Å². The Morgan fingerprint density at radius 2 is 2.33 bits per heavy atom. The Hall–Kier alpha value is -2.05. The van der Waals surface area contributed by atoms with Crippen molar-refractivity contribution >= 4 is 11.7 Å². The monoisotopic (exact) mass is 253 g/mol. The molecule has 0 unspecified atom stereocenters. The van der Waals surface area contributed by atoms with Crippen LogP contribution < -0.4 is 16.2 Å². The lowest BCUT2D eigenvalue weighted by molar-refractivity contribution is 0.317. The third kappa shape index (κ3) is 3.22. The number of hydrogen-bond acceptors (Lipinski definition) is 5. The Balaban J connectivity index is 2.98. The fourth-order valence-electron chi connectivity index (χ4n) is 1.58. The minimum atomic E-state index is -0.161. The summed E-state index contributed by atoms with van der Waals surface area (Å²) in [5.41, 5.74) is 5.28. The predicted octanol–water partition coefficient (Wildman–Crippen LogP) is 0.132. The summed E-state index contributed by atoms with van der Waals surface area (Å²) in [6.07, 6.45) is 3.55. The molecule has 0 fully saturated rings. The third-order valence-electron chi connectivity index (χ3n) is 2.63. The molecule has 7 nitrogen and oxygen atoms in total. The second-order valence-electron chi connectivity index (χ2n) is 4.30. The highest BCUT2D eigenvalue weighted by Gasteiger charge is 2.16. The van der Waals surface area contributed by atoms with Crippen LogP contribution in [0, 0.1) is 0 Å². The van der Waals surface area contributed by atoms with E-state index in [2.05, 4.69) is 10.1 Å². The Labute approximate surface area is 106 Å². The van der Waals surface area contributed by atoms with Crippen LogP contribution in [-0.2, 0) is 7.05 Å². The van der Waals surface area contributed by atoms with Gasteiger partial charge in [0.15, 0.2) is 5.82 Å². The minimum Gasteiger partial charge on any atom is -0.409 e. The van der Waals surface area contributed by atoms with Gasteiger partial charge in [-0.05, 0) is 13.8 Å². The van der Waals surface area contributed by atoms with Crippen molar-refractivity contribution < 1.29 is 5.21 Å². The summed E-state index contributed by atoms with van der Waals surface area (Å²) in [6, 6.07) is 0.0964. The van der Waals surface area contributed by atoms with E-state index in [1.54, 1.807) is 19.4 Å². The molecule has 0 aliphatic carbocycles. The first kappa shape index (κ1) is 14.0. The van der Waals surface area contributed by atoms with Crippen molar-refractivity contribution in [1.29, 1.82) is 0 Å². The lowest BCUT2D eigenvalue weighted by atomic mass is 10.2. The van der Waals surface area contributed by atoms with Crippen LogP contribution in [0.4, 0.5) is 5.82 Å². The van der Waals surface area contributed by atoms with Crippen molar-refractivity contribution in [2.75, 3.05) is 11.4 Å². The maximum absolute atomic E-state index is 12.0. The predicted molar refractivity (Wildman–Crippen MR) is 70.0 cm³/mol. The maximum Gasteiger partial charge on any atom is 0.293 e. The first-order valence-electron chi connectivity index (χ1n) is 5.72. The first-order valence-corrected chi connectivity index (χ1v) is 5.72. The molecule has 0 saturated carbocycles. The van der Waals surface area contributed by atoms with Crippen molar-refractivity contribution in [2.45, 2.75) is 26.3 Å². The van der Waals surface area contributed by atoms with Gasteiger partial charge in [-0.25, -0.2) is 4.98 Å². The van der Waals surface area contributed by atoms with Crippen LogP contribution in [0.3, 0.4) is 0 Å². The fraction of sp³-hybridized carbons (Fsp3) is 0.545. The van der Waals surface area contributed by atoms with E-state index in [4.69, 9.17) is 10.9 Å². The molecule has 18 heavy (non-hydrogen) atoms. The van der Waals surface area contributed by atoms with Gasteiger partial charge < -0.3 is 20.4 Å². The van der Waals surface area contributed by atoms with E-state index in [-0.39, 0.29) is 17.4 Å². The van der Waals surface area contributed by atoms with E-state index in [1.807, 2.05) is 18.7 Å². The molecule has 1 aromatic rings. The van der Waals surface area contributed by atoms with Crippen molar-refractivity contribution in [1.82, 2.24) is 9.55 Å². The summed E-state index contributed by atoms with van der Waals surface area (Å²) in [6.45, 7) is 4.39. The number of nitrogens with zero attached hydrogens (tertiary/aromatic N) is 4.